The van der Waals surface area contributed by atoms with Gasteiger partial charge in [-0.3, -0.25) is 0 Å². The molecule has 89 valence electrons. The van der Waals surface area contributed by atoms with Gasteiger partial charge < -0.3 is 4.74 Å². The summed E-state index contributed by atoms with van der Waals surface area (Å²) in [7, 11) is 0. The van der Waals surface area contributed by atoms with Crippen molar-refractivity contribution >= 4 is 0 Å². The lowest BCUT2D eigenvalue weighted by Crippen LogP contribution is -2.35. The molecule has 5 radical (unpaired) electrons. The molecule has 2 saturated carbocycles. The van der Waals surface area contributed by atoms with Crippen LogP contribution in [-0.4, -0.2) is 6.10 Å². The fourth-order valence-corrected chi connectivity index (χ4v) is 2.86. The van der Waals surface area contributed by atoms with Crippen molar-refractivity contribution in [3.63, 3.8) is 0 Å². The molecule has 1 nitrogen and oxygen atoms in total. The molecule has 16 heavy (non-hydrogen) atoms. The molecule has 0 unspecified atom stereocenters. The summed E-state index contributed by atoms with van der Waals surface area (Å²) < 4.78 is 6.14. The van der Waals surface area contributed by atoms with E-state index < -0.39 is 0 Å². The highest BCUT2D eigenvalue weighted by Crippen LogP contribution is 2.38. The van der Waals surface area contributed by atoms with Crippen LogP contribution in [0, 0.1) is 49.5 Å². The highest BCUT2D eigenvalue weighted by Gasteiger charge is 2.34. The van der Waals surface area contributed by atoms with Crippen molar-refractivity contribution in [2.45, 2.75) is 46.1 Å². The first kappa shape index (κ1) is 12.4. The van der Waals surface area contributed by atoms with E-state index in [9.17, 15) is 0 Å². The summed E-state index contributed by atoms with van der Waals surface area (Å²) in [5.74, 6) is 2.27. The van der Waals surface area contributed by atoms with Crippen molar-refractivity contribution in [2.75, 3.05) is 0 Å². The second-order valence-corrected chi connectivity index (χ2v) is 5.60. The molecule has 0 aromatic carbocycles. The van der Waals surface area contributed by atoms with E-state index in [1.54, 1.807) is 0 Å². The van der Waals surface area contributed by atoms with E-state index in [1.807, 2.05) is 12.8 Å². The van der Waals surface area contributed by atoms with Gasteiger partial charge in [-0.1, -0.05) is 27.2 Å². The second kappa shape index (κ2) is 5.53. The molecule has 0 aliphatic heterocycles. The van der Waals surface area contributed by atoms with Crippen LogP contribution in [0.2, 0.25) is 0 Å². The molecular weight excluding hydrogens is 196 g/mol. The molecule has 0 saturated heterocycles. The Hall–Kier alpha value is -0.0400. The first-order valence-electron chi connectivity index (χ1n) is 6.55. The first-order chi connectivity index (χ1) is 7.66. The first-order valence-corrected chi connectivity index (χ1v) is 6.55. The van der Waals surface area contributed by atoms with Crippen LogP contribution in [-0.2, 0) is 4.74 Å². The SMILES string of the molecule is CC(C)[C@@H]1CC[C@@H](C)C[C@H]1O[C]1[CH][CH][CH][CH]1. The highest BCUT2D eigenvalue weighted by atomic mass is 16.5. The van der Waals surface area contributed by atoms with Gasteiger partial charge in [-0.15, -0.1) is 0 Å². The molecule has 1 heteroatoms. The van der Waals surface area contributed by atoms with Gasteiger partial charge in [-0.05, 0) is 43.4 Å². The van der Waals surface area contributed by atoms with Crippen molar-refractivity contribution in [3.05, 3.63) is 31.8 Å². The van der Waals surface area contributed by atoms with Crippen LogP contribution in [0.5, 0.6) is 0 Å². The second-order valence-electron chi connectivity index (χ2n) is 5.60. The van der Waals surface area contributed by atoms with E-state index in [2.05, 4.69) is 33.6 Å². The Balaban J connectivity index is 1.91. The van der Waals surface area contributed by atoms with Crippen molar-refractivity contribution in [3.8, 4) is 0 Å². The summed E-state index contributed by atoms with van der Waals surface area (Å²) in [4.78, 5) is 0. The van der Waals surface area contributed by atoms with Gasteiger partial charge in [0, 0.05) is 12.8 Å². The molecule has 0 N–H and O–H groups in total. The Kier molecular flexibility index (Phi) is 4.29. The zero-order valence-corrected chi connectivity index (χ0v) is 10.6. The van der Waals surface area contributed by atoms with Gasteiger partial charge in [0.25, 0.3) is 0 Å². The fourth-order valence-electron chi connectivity index (χ4n) is 2.86. The van der Waals surface area contributed by atoms with Crippen LogP contribution in [0.1, 0.15) is 40.0 Å². The zero-order chi connectivity index (χ0) is 11.5. The van der Waals surface area contributed by atoms with Crippen molar-refractivity contribution in [1.82, 2.24) is 0 Å². The Bertz CT molecular complexity index is 205. The van der Waals surface area contributed by atoms with E-state index in [-0.39, 0.29) is 0 Å². The lowest BCUT2D eigenvalue weighted by molar-refractivity contribution is -0.0186. The molecule has 2 rings (SSSR count). The summed E-state index contributed by atoms with van der Waals surface area (Å²) in [5.41, 5.74) is 0. The molecule has 3 atom stereocenters. The topological polar surface area (TPSA) is 9.23 Å². The Morgan fingerprint density at radius 3 is 2.50 bits per heavy atom. The number of hydrogen-bond acceptors (Lipinski definition) is 1. The number of hydrogen-bond donors (Lipinski definition) is 0. The highest BCUT2D eigenvalue weighted by molar-refractivity contribution is 5.31. The van der Waals surface area contributed by atoms with Gasteiger partial charge in [0.05, 0.1) is 6.10 Å². The third kappa shape index (κ3) is 3.00. The van der Waals surface area contributed by atoms with Crippen LogP contribution < -0.4 is 0 Å². The lowest BCUT2D eigenvalue weighted by Gasteiger charge is -2.38. The largest absolute Gasteiger partial charge is 0.368 e. The van der Waals surface area contributed by atoms with Crippen LogP contribution in [0.3, 0.4) is 0 Å². The third-order valence-electron chi connectivity index (χ3n) is 3.88. The molecule has 0 heterocycles. The molecular formula is C15H23O. The average Bonchev–Trinajstić information content (AvgIpc) is 2.70. The summed E-state index contributed by atoms with van der Waals surface area (Å²) in [6.07, 6.45) is 13.6. The van der Waals surface area contributed by atoms with Gasteiger partial charge in [-0.2, -0.15) is 0 Å². The number of rotatable bonds is 3. The van der Waals surface area contributed by atoms with Crippen LogP contribution in [0.15, 0.2) is 0 Å². The van der Waals surface area contributed by atoms with Crippen LogP contribution in [0.25, 0.3) is 0 Å². The molecule has 0 bridgehead atoms. The molecule has 0 aromatic heterocycles. The quantitative estimate of drug-likeness (QED) is 0.701. The van der Waals surface area contributed by atoms with E-state index in [0.717, 1.165) is 23.9 Å². The molecule has 2 aliphatic carbocycles. The summed E-state index contributed by atoms with van der Waals surface area (Å²) in [6, 6.07) is 0. The van der Waals surface area contributed by atoms with E-state index in [0.29, 0.717) is 6.10 Å². The van der Waals surface area contributed by atoms with Crippen molar-refractivity contribution in [2.24, 2.45) is 17.8 Å². The smallest absolute Gasteiger partial charge is 0.105 e. The fraction of sp³-hybridized carbons (Fsp3) is 0.667. The summed E-state index contributed by atoms with van der Waals surface area (Å²) in [5, 5.41) is 0. The molecule has 2 fully saturated rings. The standard InChI is InChI=1S/C15H23O/c1-11(2)14-9-8-12(3)10-15(14)16-13-6-4-5-7-13/h4-7,11-12,14-15H,8-10H2,1-3H3/t12-,14+,15-/m1/s1. The minimum absolute atomic E-state index is 0.422. The van der Waals surface area contributed by atoms with Crippen LogP contribution in [0.4, 0.5) is 0 Å². The van der Waals surface area contributed by atoms with Crippen molar-refractivity contribution in [1.29, 1.82) is 0 Å². The maximum atomic E-state index is 6.14. The Morgan fingerprint density at radius 1 is 1.19 bits per heavy atom. The van der Waals surface area contributed by atoms with E-state index >= 15 is 0 Å². The van der Waals surface area contributed by atoms with Crippen molar-refractivity contribution < 1.29 is 4.74 Å². The molecule has 2 aliphatic rings. The molecule has 0 aromatic rings. The summed E-state index contributed by atoms with van der Waals surface area (Å²) >= 11 is 0. The summed E-state index contributed by atoms with van der Waals surface area (Å²) in [6.45, 7) is 6.99. The monoisotopic (exact) mass is 219 g/mol. The predicted molar refractivity (Wildman–Crippen MR) is 66.7 cm³/mol. The molecule has 0 amide bonds. The third-order valence-corrected chi connectivity index (χ3v) is 3.88. The maximum absolute atomic E-state index is 6.14. The van der Waals surface area contributed by atoms with E-state index in [1.165, 1.54) is 19.3 Å². The minimum atomic E-state index is 0.422. The average molecular weight is 219 g/mol. The number of ether oxygens (including phenoxy) is 1. The predicted octanol–water partition coefficient (Wildman–Crippen LogP) is 3.83. The molecule has 0 spiro atoms. The van der Waals surface area contributed by atoms with Gasteiger partial charge in [-0.25, -0.2) is 0 Å². The van der Waals surface area contributed by atoms with Crippen LogP contribution >= 0.6 is 0 Å². The zero-order valence-electron chi connectivity index (χ0n) is 10.6. The minimum Gasteiger partial charge on any atom is -0.368 e. The van der Waals surface area contributed by atoms with E-state index in [4.69, 9.17) is 4.74 Å². The van der Waals surface area contributed by atoms with Gasteiger partial charge in [0.1, 0.15) is 6.10 Å². The van der Waals surface area contributed by atoms with Gasteiger partial charge >= 0.3 is 0 Å². The van der Waals surface area contributed by atoms with Gasteiger partial charge in [0.2, 0.25) is 0 Å². The maximum Gasteiger partial charge on any atom is 0.105 e. The lowest BCUT2D eigenvalue weighted by atomic mass is 9.75. The van der Waals surface area contributed by atoms with Gasteiger partial charge in [0.15, 0.2) is 0 Å². The Morgan fingerprint density at radius 2 is 1.88 bits per heavy atom. The normalized spacial score (nSPS) is 37.1. The Labute approximate surface area is 101 Å².